The molecule has 0 radical (unpaired) electrons. The van der Waals surface area contributed by atoms with Gasteiger partial charge in [-0.15, -0.1) is 0 Å². The lowest BCUT2D eigenvalue weighted by Crippen LogP contribution is -2.29. The number of likely N-dealkylation sites (N-methyl/N-ethyl adjacent to an activating group) is 1. The zero-order valence-electron chi connectivity index (χ0n) is 18.9. The number of carbonyl (C=O) groups is 1. The van der Waals surface area contributed by atoms with Gasteiger partial charge >= 0.3 is 6.18 Å². The van der Waals surface area contributed by atoms with Gasteiger partial charge in [0.15, 0.2) is 0 Å². The standard InChI is InChI=1S/C24H20F4N6O2/c1-34(6-7-35)22(36)16-8-15(10-25)21(30-11-16)14-2-3-18-19(4-5-29-20(18)9-14)33-23-31-12-17(13-32-23)24(26,27)28/h2-5,8-9,11-13,35H,6-7,10H2,1H3,(H,29,31,32,33). The SMILES string of the molecule is CN(CCO)C(=O)c1cnc(-c2ccc3c(Nc4ncc(C(F)(F)F)cn4)ccnc3c2)c(CF)c1. The lowest BCUT2D eigenvalue weighted by molar-refractivity contribution is -0.138. The third kappa shape index (κ3) is 5.23. The highest BCUT2D eigenvalue weighted by atomic mass is 19.4. The van der Waals surface area contributed by atoms with Crippen molar-refractivity contribution in [2.75, 3.05) is 25.5 Å². The van der Waals surface area contributed by atoms with Crippen molar-refractivity contribution < 1.29 is 27.5 Å². The van der Waals surface area contributed by atoms with Crippen molar-refractivity contribution in [1.29, 1.82) is 0 Å². The van der Waals surface area contributed by atoms with E-state index in [4.69, 9.17) is 5.11 Å². The molecular weight excluding hydrogens is 480 g/mol. The van der Waals surface area contributed by atoms with E-state index in [-0.39, 0.29) is 36.1 Å². The van der Waals surface area contributed by atoms with E-state index in [0.717, 1.165) is 0 Å². The minimum atomic E-state index is -4.54. The fourth-order valence-corrected chi connectivity index (χ4v) is 3.52. The molecule has 2 N–H and O–H groups in total. The number of nitrogens with zero attached hydrogens (tertiary/aromatic N) is 5. The summed E-state index contributed by atoms with van der Waals surface area (Å²) in [6.45, 7) is -0.920. The molecule has 0 saturated carbocycles. The average molecular weight is 500 g/mol. The molecule has 36 heavy (non-hydrogen) atoms. The van der Waals surface area contributed by atoms with E-state index in [1.165, 1.54) is 30.4 Å². The van der Waals surface area contributed by atoms with Gasteiger partial charge in [0, 0.05) is 54.9 Å². The molecule has 0 aliphatic heterocycles. The van der Waals surface area contributed by atoms with Crippen molar-refractivity contribution >= 4 is 28.4 Å². The lowest BCUT2D eigenvalue weighted by Gasteiger charge is -2.16. The number of amides is 1. The van der Waals surface area contributed by atoms with Crippen LogP contribution in [-0.2, 0) is 12.9 Å². The van der Waals surface area contributed by atoms with Crippen LogP contribution >= 0.6 is 0 Å². The number of pyridine rings is 2. The Morgan fingerprint density at radius 1 is 1.06 bits per heavy atom. The number of aliphatic hydroxyl groups is 1. The average Bonchev–Trinajstić information content (AvgIpc) is 2.87. The number of benzene rings is 1. The number of hydrogen-bond acceptors (Lipinski definition) is 7. The highest BCUT2D eigenvalue weighted by Crippen LogP contribution is 2.31. The molecule has 0 fully saturated rings. The lowest BCUT2D eigenvalue weighted by atomic mass is 10.0. The van der Waals surface area contributed by atoms with E-state index in [1.807, 2.05) is 0 Å². The fourth-order valence-electron chi connectivity index (χ4n) is 3.52. The van der Waals surface area contributed by atoms with Gasteiger partial charge in [-0.25, -0.2) is 14.4 Å². The topological polar surface area (TPSA) is 104 Å². The molecule has 8 nitrogen and oxygen atoms in total. The molecule has 3 aromatic heterocycles. The molecule has 3 heterocycles. The number of aromatic nitrogens is 4. The Morgan fingerprint density at radius 3 is 2.47 bits per heavy atom. The normalized spacial score (nSPS) is 11.5. The zero-order valence-corrected chi connectivity index (χ0v) is 18.9. The second-order valence-electron chi connectivity index (χ2n) is 7.82. The Hall–Kier alpha value is -4.19. The quantitative estimate of drug-likeness (QED) is 0.363. The van der Waals surface area contributed by atoms with Crippen LogP contribution in [0.25, 0.3) is 22.2 Å². The van der Waals surface area contributed by atoms with Gasteiger partial charge in [-0.3, -0.25) is 14.8 Å². The summed E-state index contributed by atoms with van der Waals surface area (Å²) >= 11 is 0. The number of aliphatic hydroxyl groups excluding tert-OH is 1. The molecule has 12 heteroatoms. The maximum atomic E-state index is 13.9. The van der Waals surface area contributed by atoms with Crippen LogP contribution in [0.15, 0.2) is 55.1 Å². The Labute approximate surface area is 202 Å². The van der Waals surface area contributed by atoms with Crippen LogP contribution < -0.4 is 5.32 Å². The molecule has 0 atom stereocenters. The summed E-state index contributed by atoms with van der Waals surface area (Å²) in [6.07, 6.45) is -0.303. The monoisotopic (exact) mass is 500 g/mol. The van der Waals surface area contributed by atoms with Crippen LogP contribution in [0, 0.1) is 0 Å². The number of halogens is 4. The second kappa shape index (κ2) is 10.2. The number of carbonyl (C=O) groups excluding carboxylic acids is 1. The van der Waals surface area contributed by atoms with Crippen LogP contribution in [0.3, 0.4) is 0 Å². The Bertz CT molecular complexity index is 1400. The summed E-state index contributed by atoms with van der Waals surface area (Å²) in [4.78, 5) is 29.8. The van der Waals surface area contributed by atoms with Gasteiger partial charge in [-0.2, -0.15) is 13.2 Å². The predicted molar refractivity (Wildman–Crippen MR) is 124 cm³/mol. The van der Waals surface area contributed by atoms with Gasteiger partial charge in [-0.1, -0.05) is 12.1 Å². The minimum Gasteiger partial charge on any atom is -0.395 e. The highest BCUT2D eigenvalue weighted by Gasteiger charge is 2.31. The maximum absolute atomic E-state index is 13.9. The third-order valence-electron chi connectivity index (χ3n) is 5.38. The van der Waals surface area contributed by atoms with E-state index < -0.39 is 18.4 Å². The Morgan fingerprint density at radius 2 is 1.81 bits per heavy atom. The molecule has 0 aliphatic rings. The highest BCUT2D eigenvalue weighted by molar-refractivity contribution is 5.96. The first kappa shape index (κ1) is 24.9. The van der Waals surface area contributed by atoms with Crippen molar-refractivity contribution in [1.82, 2.24) is 24.8 Å². The number of anilines is 2. The first-order chi connectivity index (χ1) is 17.2. The fraction of sp³-hybridized carbons (Fsp3) is 0.208. The maximum Gasteiger partial charge on any atom is 0.419 e. The molecule has 1 amide bonds. The van der Waals surface area contributed by atoms with Crippen LogP contribution in [-0.4, -0.2) is 56.0 Å². The molecular formula is C24H20F4N6O2. The zero-order chi connectivity index (χ0) is 25.9. The number of hydrogen-bond donors (Lipinski definition) is 2. The minimum absolute atomic E-state index is 0.0209. The van der Waals surface area contributed by atoms with Gasteiger partial charge in [0.25, 0.3) is 5.91 Å². The van der Waals surface area contributed by atoms with Crippen molar-refractivity contribution in [3.8, 4) is 11.3 Å². The van der Waals surface area contributed by atoms with Crippen LogP contribution in [0.2, 0.25) is 0 Å². The predicted octanol–water partition coefficient (Wildman–Crippen LogP) is 4.38. The summed E-state index contributed by atoms with van der Waals surface area (Å²) in [6, 6.07) is 8.15. The molecule has 4 aromatic rings. The molecule has 0 bridgehead atoms. The molecule has 1 aromatic carbocycles. The summed E-state index contributed by atoms with van der Waals surface area (Å²) in [5, 5.41) is 12.5. The van der Waals surface area contributed by atoms with E-state index in [2.05, 4.69) is 25.3 Å². The first-order valence-electron chi connectivity index (χ1n) is 10.7. The molecule has 0 aliphatic carbocycles. The number of fused-ring (bicyclic) bond motifs is 1. The van der Waals surface area contributed by atoms with Crippen LogP contribution in [0.1, 0.15) is 21.5 Å². The van der Waals surface area contributed by atoms with Crippen molar-refractivity contribution in [2.24, 2.45) is 0 Å². The van der Waals surface area contributed by atoms with E-state index in [9.17, 15) is 22.4 Å². The van der Waals surface area contributed by atoms with Gasteiger partial charge < -0.3 is 15.3 Å². The molecule has 186 valence electrons. The van der Waals surface area contributed by atoms with Gasteiger partial charge in [-0.05, 0) is 18.2 Å². The van der Waals surface area contributed by atoms with Crippen molar-refractivity contribution in [3.63, 3.8) is 0 Å². The summed E-state index contributed by atoms with van der Waals surface area (Å²) in [5.41, 5.74) is 1.38. The Balaban J connectivity index is 1.64. The first-order valence-corrected chi connectivity index (χ1v) is 10.7. The smallest absolute Gasteiger partial charge is 0.395 e. The number of alkyl halides is 4. The number of nitrogens with one attached hydrogen (secondary N) is 1. The van der Waals surface area contributed by atoms with Gasteiger partial charge in [0.1, 0.15) is 6.67 Å². The number of rotatable bonds is 7. The summed E-state index contributed by atoms with van der Waals surface area (Å²) in [5.74, 6) is -0.411. The molecule has 0 spiro atoms. The Kier molecular flexibility index (Phi) is 7.06. The van der Waals surface area contributed by atoms with Crippen LogP contribution in [0.5, 0.6) is 0 Å². The summed E-state index contributed by atoms with van der Waals surface area (Å²) < 4.78 is 52.1. The third-order valence-corrected chi connectivity index (χ3v) is 5.38. The largest absolute Gasteiger partial charge is 0.419 e. The van der Waals surface area contributed by atoms with Crippen molar-refractivity contribution in [3.05, 3.63) is 71.8 Å². The molecule has 0 unspecified atom stereocenters. The van der Waals surface area contributed by atoms with Gasteiger partial charge in [0.05, 0.1) is 34.6 Å². The van der Waals surface area contributed by atoms with Crippen LogP contribution in [0.4, 0.5) is 29.2 Å². The van der Waals surface area contributed by atoms with E-state index in [0.29, 0.717) is 40.2 Å². The summed E-state index contributed by atoms with van der Waals surface area (Å²) in [7, 11) is 1.53. The molecule has 4 rings (SSSR count). The second-order valence-corrected chi connectivity index (χ2v) is 7.82. The van der Waals surface area contributed by atoms with E-state index >= 15 is 0 Å². The van der Waals surface area contributed by atoms with Gasteiger partial charge in [0.2, 0.25) is 5.95 Å². The van der Waals surface area contributed by atoms with Crippen molar-refractivity contribution in [2.45, 2.75) is 12.9 Å². The van der Waals surface area contributed by atoms with E-state index in [1.54, 1.807) is 24.3 Å². The molecule has 0 saturated heterocycles.